The van der Waals surface area contributed by atoms with Crippen LogP contribution in [0.2, 0.25) is 0 Å². The van der Waals surface area contributed by atoms with Crippen molar-refractivity contribution in [3.05, 3.63) is 36.1 Å². The van der Waals surface area contributed by atoms with Crippen molar-refractivity contribution in [3.8, 4) is 0 Å². The van der Waals surface area contributed by atoms with Crippen LogP contribution in [0.5, 0.6) is 0 Å². The molecule has 0 atom stereocenters. The Hall–Kier alpha value is -2.88. The molecule has 2 aromatic rings. The number of anilines is 3. The maximum absolute atomic E-state index is 12.1. The van der Waals surface area contributed by atoms with Gasteiger partial charge in [0.15, 0.2) is 5.82 Å². The number of carbonyl (C=O) groups is 2. The summed E-state index contributed by atoms with van der Waals surface area (Å²) in [5.41, 5.74) is 0.815. The molecule has 2 amide bonds. The molecule has 1 heterocycles. The number of rotatable bonds is 7. The minimum atomic E-state index is -3.62. The number of hydrogen-bond acceptors (Lipinski definition) is 6. The Morgan fingerprint density at radius 3 is 2.54 bits per heavy atom. The van der Waals surface area contributed by atoms with Crippen LogP contribution in [0.15, 0.2) is 34.9 Å². The lowest BCUT2D eigenvalue weighted by Gasteiger charge is -2.22. The summed E-state index contributed by atoms with van der Waals surface area (Å²) in [4.78, 5) is 23.2. The third kappa shape index (κ3) is 5.59. The summed E-state index contributed by atoms with van der Waals surface area (Å²) in [5.74, 6) is 0.152. The predicted octanol–water partition coefficient (Wildman–Crippen LogP) is 1.74. The Morgan fingerprint density at radius 2 is 1.96 bits per heavy atom. The first-order valence-corrected chi connectivity index (χ1v) is 9.58. The fourth-order valence-corrected chi connectivity index (χ4v) is 3.18. The van der Waals surface area contributed by atoms with E-state index in [-0.39, 0.29) is 24.7 Å². The smallest absolute Gasteiger partial charge is 0.232 e. The van der Waals surface area contributed by atoms with Crippen LogP contribution in [0.3, 0.4) is 0 Å². The summed E-state index contributed by atoms with van der Waals surface area (Å²) in [5, 5.41) is 8.78. The van der Waals surface area contributed by atoms with E-state index in [0.717, 1.165) is 10.6 Å². The predicted molar refractivity (Wildman–Crippen MR) is 97.4 cm³/mol. The van der Waals surface area contributed by atoms with Gasteiger partial charge in [0, 0.05) is 31.6 Å². The zero-order valence-corrected chi connectivity index (χ0v) is 15.5. The molecule has 0 saturated heterocycles. The van der Waals surface area contributed by atoms with Gasteiger partial charge in [0.1, 0.15) is 5.76 Å². The first kappa shape index (κ1) is 19.4. The lowest BCUT2D eigenvalue weighted by Crippen LogP contribution is -2.33. The molecule has 10 heteroatoms. The van der Waals surface area contributed by atoms with Crippen molar-refractivity contribution in [1.82, 2.24) is 5.16 Å². The normalized spacial score (nSPS) is 11.0. The summed E-state index contributed by atoms with van der Waals surface area (Å²) in [6, 6.07) is 7.94. The average Bonchev–Trinajstić information content (AvgIpc) is 2.90. The maximum Gasteiger partial charge on any atom is 0.232 e. The quantitative estimate of drug-likeness (QED) is 0.754. The molecular formula is C16H20N4O5S. The second-order valence-corrected chi connectivity index (χ2v) is 7.59. The van der Waals surface area contributed by atoms with Crippen LogP contribution in [-0.4, -0.2) is 38.2 Å². The maximum atomic E-state index is 12.1. The molecule has 0 saturated carbocycles. The number of amides is 2. The van der Waals surface area contributed by atoms with E-state index in [1.54, 1.807) is 31.2 Å². The first-order chi connectivity index (χ1) is 12.1. The molecule has 0 aliphatic rings. The molecule has 0 spiro atoms. The van der Waals surface area contributed by atoms with Crippen molar-refractivity contribution in [1.29, 1.82) is 0 Å². The fraction of sp³-hybridized carbons (Fsp3) is 0.312. The monoisotopic (exact) mass is 380 g/mol. The van der Waals surface area contributed by atoms with Gasteiger partial charge < -0.3 is 15.2 Å². The lowest BCUT2D eigenvalue weighted by atomic mass is 10.2. The number of nitrogens with one attached hydrogen (secondary N) is 2. The van der Waals surface area contributed by atoms with Gasteiger partial charge in [-0.05, 0) is 25.1 Å². The van der Waals surface area contributed by atoms with Crippen LogP contribution >= 0.6 is 0 Å². The van der Waals surface area contributed by atoms with E-state index in [0.29, 0.717) is 17.1 Å². The van der Waals surface area contributed by atoms with E-state index in [1.807, 2.05) is 0 Å². The van der Waals surface area contributed by atoms with Gasteiger partial charge in [-0.15, -0.1) is 0 Å². The van der Waals surface area contributed by atoms with Crippen LogP contribution in [0.1, 0.15) is 19.1 Å². The van der Waals surface area contributed by atoms with Crippen LogP contribution in [0.4, 0.5) is 17.2 Å². The Kier molecular flexibility index (Phi) is 5.98. The van der Waals surface area contributed by atoms with Crippen molar-refractivity contribution in [2.75, 3.05) is 27.7 Å². The van der Waals surface area contributed by atoms with E-state index in [1.165, 1.54) is 13.0 Å². The molecule has 1 aromatic heterocycles. The zero-order chi connectivity index (χ0) is 19.3. The van der Waals surface area contributed by atoms with Gasteiger partial charge in [-0.2, -0.15) is 0 Å². The van der Waals surface area contributed by atoms with Gasteiger partial charge in [-0.3, -0.25) is 13.9 Å². The number of carbonyl (C=O) groups excluding carboxylic acids is 2. The Balaban J connectivity index is 2.10. The van der Waals surface area contributed by atoms with E-state index >= 15 is 0 Å². The summed E-state index contributed by atoms with van der Waals surface area (Å²) in [7, 11) is -3.62. The van der Waals surface area contributed by atoms with Crippen LogP contribution in [0, 0.1) is 6.92 Å². The van der Waals surface area contributed by atoms with Gasteiger partial charge in [-0.1, -0.05) is 11.2 Å². The highest BCUT2D eigenvalue weighted by Crippen LogP contribution is 2.22. The Bertz CT molecular complexity index is 907. The fourth-order valence-electron chi connectivity index (χ4n) is 2.26. The molecule has 26 heavy (non-hydrogen) atoms. The van der Waals surface area contributed by atoms with Crippen molar-refractivity contribution in [2.24, 2.45) is 0 Å². The molecule has 0 fully saturated rings. The van der Waals surface area contributed by atoms with Crippen LogP contribution in [-0.2, 0) is 19.6 Å². The lowest BCUT2D eigenvalue weighted by molar-refractivity contribution is -0.116. The van der Waals surface area contributed by atoms with Gasteiger partial charge in [0.25, 0.3) is 0 Å². The van der Waals surface area contributed by atoms with E-state index in [9.17, 15) is 18.0 Å². The van der Waals surface area contributed by atoms with Gasteiger partial charge in [0.05, 0.1) is 11.9 Å². The molecule has 2 N–H and O–H groups in total. The largest absolute Gasteiger partial charge is 0.360 e. The highest BCUT2D eigenvalue weighted by Gasteiger charge is 2.19. The third-order valence-corrected chi connectivity index (χ3v) is 4.49. The zero-order valence-electron chi connectivity index (χ0n) is 14.6. The van der Waals surface area contributed by atoms with Gasteiger partial charge in [-0.25, -0.2) is 8.42 Å². The molecule has 0 unspecified atom stereocenters. The summed E-state index contributed by atoms with van der Waals surface area (Å²) in [6.45, 7) is 2.98. The number of aryl methyl sites for hydroxylation is 1. The van der Waals surface area contributed by atoms with Crippen LogP contribution < -0.4 is 14.9 Å². The summed E-state index contributed by atoms with van der Waals surface area (Å²) < 4.78 is 30.2. The topological polar surface area (TPSA) is 122 Å². The average molecular weight is 380 g/mol. The SMILES string of the molecule is CC(=O)Nc1cccc(N(CCC(=O)Nc2cc(C)on2)S(C)(=O)=O)c1. The number of sulfonamides is 1. The van der Waals surface area contributed by atoms with Crippen molar-refractivity contribution < 1.29 is 22.5 Å². The highest BCUT2D eigenvalue weighted by atomic mass is 32.2. The van der Waals surface area contributed by atoms with Crippen molar-refractivity contribution in [3.63, 3.8) is 0 Å². The molecule has 9 nitrogen and oxygen atoms in total. The van der Waals surface area contributed by atoms with Crippen molar-refractivity contribution in [2.45, 2.75) is 20.3 Å². The Morgan fingerprint density at radius 1 is 1.23 bits per heavy atom. The molecule has 2 rings (SSSR count). The minimum Gasteiger partial charge on any atom is -0.360 e. The van der Waals surface area contributed by atoms with E-state index in [4.69, 9.17) is 4.52 Å². The molecule has 0 aliphatic carbocycles. The second-order valence-electron chi connectivity index (χ2n) is 5.69. The van der Waals surface area contributed by atoms with Gasteiger partial charge >= 0.3 is 0 Å². The van der Waals surface area contributed by atoms with Crippen LogP contribution in [0.25, 0.3) is 0 Å². The second kappa shape index (κ2) is 8.00. The van der Waals surface area contributed by atoms with Crippen molar-refractivity contribution >= 4 is 39.0 Å². The summed E-state index contributed by atoms with van der Waals surface area (Å²) in [6.07, 6.45) is 0.973. The number of nitrogens with zero attached hydrogens (tertiary/aromatic N) is 2. The molecule has 1 aromatic carbocycles. The molecule has 140 valence electrons. The van der Waals surface area contributed by atoms with E-state index < -0.39 is 15.9 Å². The van der Waals surface area contributed by atoms with E-state index in [2.05, 4.69) is 15.8 Å². The molecule has 0 aliphatic heterocycles. The molecular weight excluding hydrogens is 360 g/mol. The Labute approximate surface area is 151 Å². The number of hydrogen-bond donors (Lipinski definition) is 2. The molecule has 0 bridgehead atoms. The standard InChI is InChI=1S/C16H20N4O5S/c1-11-9-15(19-25-11)18-16(22)7-8-20(26(3,23)24)14-6-4-5-13(10-14)17-12(2)21/h4-6,9-10H,7-8H2,1-3H3,(H,17,21)(H,18,19,22). The number of aromatic nitrogens is 1. The summed E-state index contributed by atoms with van der Waals surface area (Å²) >= 11 is 0. The molecule has 0 radical (unpaired) electrons. The third-order valence-electron chi connectivity index (χ3n) is 3.29. The minimum absolute atomic E-state index is 0.0645. The van der Waals surface area contributed by atoms with Gasteiger partial charge in [0.2, 0.25) is 21.8 Å². The number of benzene rings is 1. The first-order valence-electron chi connectivity index (χ1n) is 7.73. The highest BCUT2D eigenvalue weighted by molar-refractivity contribution is 7.92.